The molecule has 1 atom stereocenters. The van der Waals surface area contributed by atoms with Crippen molar-refractivity contribution in [3.8, 4) is 0 Å². The SMILES string of the molecule is C=C(C)C(C(=O)OCC)[Si](C)(C)C. The minimum atomic E-state index is -1.52. The van der Waals surface area contributed by atoms with Crippen molar-refractivity contribution in [3.05, 3.63) is 12.2 Å². The molecule has 0 bridgehead atoms. The minimum absolute atomic E-state index is 0.0625. The van der Waals surface area contributed by atoms with Crippen molar-refractivity contribution in [1.29, 1.82) is 0 Å². The van der Waals surface area contributed by atoms with Gasteiger partial charge in [0.1, 0.15) is 0 Å². The first-order chi connectivity index (χ1) is 5.80. The maximum Gasteiger partial charge on any atom is 0.310 e. The van der Waals surface area contributed by atoms with E-state index in [2.05, 4.69) is 26.2 Å². The van der Waals surface area contributed by atoms with Crippen LogP contribution in [0, 0.1) is 0 Å². The molecule has 0 N–H and O–H groups in total. The fourth-order valence-corrected chi connectivity index (χ4v) is 3.79. The first-order valence-corrected chi connectivity index (χ1v) is 8.20. The van der Waals surface area contributed by atoms with Gasteiger partial charge < -0.3 is 4.74 Å². The highest BCUT2D eigenvalue weighted by atomic mass is 28.3. The van der Waals surface area contributed by atoms with E-state index in [0.29, 0.717) is 6.61 Å². The molecule has 0 aromatic carbocycles. The number of carbonyl (C=O) groups excluding carboxylic acids is 1. The van der Waals surface area contributed by atoms with Crippen molar-refractivity contribution in [3.63, 3.8) is 0 Å². The molecule has 0 saturated heterocycles. The van der Waals surface area contributed by atoms with Crippen molar-refractivity contribution in [2.24, 2.45) is 0 Å². The summed E-state index contributed by atoms with van der Waals surface area (Å²) in [5.74, 6) is -0.103. The highest BCUT2D eigenvalue weighted by molar-refractivity contribution is 6.81. The average molecular weight is 200 g/mol. The molecule has 0 radical (unpaired) electrons. The molecule has 0 aromatic heterocycles. The molecule has 0 heterocycles. The standard InChI is InChI=1S/C10H20O2Si/c1-7-12-10(11)9(8(2)3)13(4,5)6/h9H,2,7H2,1,3-6H3. The van der Waals surface area contributed by atoms with Gasteiger partial charge in [-0.1, -0.05) is 31.8 Å². The number of hydrogen-bond donors (Lipinski definition) is 0. The summed E-state index contributed by atoms with van der Waals surface area (Å²) in [5, 5.41) is 0. The highest BCUT2D eigenvalue weighted by Crippen LogP contribution is 2.29. The Balaban J connectivity index is 4.63. The van der Waals surface area contributed by atoms with Crippen LogP contribution >= 0.6 is 0 Å². The van der Waals surface area contributed by atoms with E-state index in [-0.39, 0.29) is 11.5 Å². The average Bonchev–Trinajstić information content (AvgIpc) is 1.82. The molecule has 13 heavy (non-hydrogen) atoms. The van der Waals surface area contributed by atoms with Crippen LogP contribution in [0.15, 0.2) is 12.2 Å². The quantitative estimate of drug-likeness (QED) is 0.396. The second-order valence-corrected chi connectivity index (χ2v) is 9.71. The lowest BCUT2D eigenvalue weighted by atomic mass is 10.2. The number of carbonyl (C=O) groups is 1. The Kier molecular flexibility index (Phi) is 4.40. The Morgan fingerprint density at radius 3 is 2.15 bits per heavy atom. The summed E-state index contributed by atoms with van der Waals surface area (Å²) in [6.45, 7) is 14.5. The molecule has 0 amide bonds. The summed E-state index contributed by atoms with van der Waals surface area (Å²) < 4.78 is 5.03. The Morgan fingerprint density at radius 1 is 1.46 bits per heavy atom. The molecule has 0 spiro atoms. The van der Waals surface area contributed by atoms with Crippen molar-refractivity contribution in [1.82, 2.24) is 0 Å². The first kappa shape index (κ1) is 12.4. The molecule has 2 nitrogen and oxygen atoms in total. The third-order valence-corrected chi connectivity index (χ3v) is 4.34. The van der Waals surface area contributed by atoms with E-state index in [9.17, 15) is 4.79 Å². The number of esters is 1. The maximum atomic E-state index is 11.6. The van der Waals surface area contributed by atoms with Crippen LogP contribution in [0.1, 0.15) is 13.8 Å². The van der Waals surface area contributed by atoms with Gasteiger partial charge in [-0.05, 0) is 13.8 Å². The van der Waals surface area contributed by atoms with Gasteiger partial charge in [-0.2, -0.15) is 0 Å². The number of rotatable bonds is 4. The number of ether oxygens (including phenoxy) is 1. The smallest absolute Gasteiger partial charge is 0.310 e. The summed E-state index contributed by atoms with van der Waals surface area (Å²) in [6, 6.07) is 0. The lowest BCUT2D eigenvalue weighted by molar-refractivity contribution is -0.142. The van der Waals surface area contributed by atoms with Crippen LogP contribution in [0.25, 0.3) is 0 Å². The van der Waals surface area contributed by atoms with E-state index >= 15 is 0 Å². The molecule has 0 fully saturated rings. The first-order valence-electron chi connectivity index (χ1n) is 4.62. The summed E-state index contributed by atoms with van der Waals surface area (Å²) in [7, 11) is -1.52. The van der Waals surface area contributed by atoms with E-state index < -0.39 is 8.07 Å². The predicted molar refractivity (Wildman–Crippen MR) is 58.5 cm³/mol. The Morgan fingerprint density at radius 2 is 1.92 bits per heavy atom. The van der Waals surface area contributed by atoms with E-state index in [0.717, 1.165) is 5.57 Å². The fraction of sp³-hybridized carbons (Fsp3) is 0.700. The van der Waals surface area contributed by atoms with Gasteiger partial charge in [0.15, 0.2) is 0 Å². The van der Waals surface area contributed by atoms with Crippen molar-refractivity contribution in [2.75, 3.05) is 6.61 Å². The largest absolute Gasteiger partial charge is 0.466 e. The zero-order chi connectivity index (χ0) is 10.6. The second kappa shape index (κ2) is 4.60. The molecular weight excluding hydrogens is 180 g/mol. The molecule has 0 rings (SSSR count). The van der Waals surface area contributed by atoms with Gasteiger partial charge in [0, 0.05) is 0 Å². The van der Waals surface area contributed by atoms with E-state index in [1.165, 1.54) is 0 Å². The predicted octanol–water partition coefficient (Wildman–Crippen LogP) is 2.83. The molecule has 3 heteroatoms. The van der Waals surface area contributed by atoms with E-state index in [1.807, 2.05) is 13.8 Å². The minimum Gasteiger partial charge on any atom is -0.466 e. The molecule has 76 valence electrons. The number of hydrogen-bond acceptors (Lipinski definition) is 2. The molecule has 1 unspecified atom stereocenters. The van der Waals surface area contributed by atoms with Gasteiger partial charge in [0.05, 0.1) is 20.2 Å². The van der Waals surface area contributed by atoms with Crippen LogP contribution in [0.3, 0.4) is 0 Å². The molecule has 0 saturated carbocycles. The van der Waals surface area contributed by atoms with Gasteiger partial charge in [-0.3, -0.25) is 4.79 Å². The fourth-order valence-electron chi connectivity index (χ4n) is 1.52. The topological polar surface area (TPSA) is 26.3 Å². The van der Waals surface area contributed by atoms with Crippen LogP contribution in [-0.4, -0.2) is 20.7 Å². The lowest BCUT2D eigenvalue weighted by Crippen LogP contribution is -2.35. The molecule has 0 aliphatic heterocycles. The zero-order valence-electron chi connectivity index (χ0n) is 9.31. The lowest BCUT2D eigenvalue weighted by Gasteiger charge is -2.27. The Bertz CT molecular complexity index is 203. The van der Waals surface area contributed by atoms with Crippen LogP contribution in [0.4, 0.5) is 0 Å². The van der Waals surface area contributed by atoms with Crippen LogP contribution in [-0.2, 0) is 9.53 Å². The van der Waals surface area contributed by atoms with Gasteiger partial charge in [0.25, 0.3) is 0 Å². The molecule has 0 aliphatic rings. The monoisotopic (exact) mass is 200 g/mol. The highest BCUT2D eigenvalue weighted by Gasteiger charge is 2.34. The Hall–Kier alpha value is -0.573. The third kappa shape index (κ3) is 3.76. The van der Waals surface area contributed by atoms with E-state index in [1.54, 1.807) is 0 Å². The van der Waals surface area contributed by atoms with Gasteiger partial charge in [0.2, 0.25) is 0 Å². The van der Waals surface area contributed by atoms with Crippen LogP contribution in [0.5, 0.6) is 0 Å². The van der Waals surface area contributed by atoms with Gasteiger partial charge in [-0.15, -0.1) is 0 Å². The van der Waals surface area contributed by atoms with Crippen LogP contribution in [0.2, 0.25) is 25.2 Å². The van der Waals surface area contributed by atoms with E-state index in [4.69, 9.17) is 4.74 Å². The summed E-state index contributed by atoms with van der Waals surface area (Å²) >= 11 is 0. The summed E-state index contributed by atoms with van der Waals surface area (Å²) in [4.78, 5) is 11.6. The van der Waals surface area contributed by atoms with Crippen molar-refractivity contribution in [2.45, 2.75) is 39.0 Å². The normalized spacial score (nSPS) is 13.6. The Labute approximate surface area is 82.0 Å². The third-order valence-electron chi connectivity index (χ3n) is 1.88. The molecular formula is C10H20O2Si. The van der Waals surface area contributed by atoms with Crippen molar-refractivity contribution < 1.29 is 9.53 Å². The zero-order valence-corrected chi connectivity index (χ0v) is 10.3. The van der Waals surface area contributed by atoms with Gasteiger partial charge in [-0.25, -0.2) is 0 Å². The second-order valence-electron chi connectivity index (χ2n) is 4.40. The summed E-state index contributed by atoms with van der Waals surface area (Å²) in [6.07, 6.45) is 0. The summed E-state index contributed by atoms with van der Waals surface area (Å²) in [5.41, 5.74) is 0.866. The molecule has 0 aromatic rings. The molecule has 0 aliphatic carbocycles. The van der Waals surface area contributed by atoms with Gasteiger partial charge >= 0.3 is 5.97 Å². The van der Waals surface area contributed by atoms with Crippen LogP contribution < -0.4 is 0 Å². The maximum absolute atomic E-state index is 11.6. The van der Waals surface area contributed by atoms with Crippen molar-refractivity contribution >= 4 is 14.0 Å².